The van der Waals surface area contributed by atoms with Gasteiger partial charge in [-0.25, -0.2) is 4.98 Å². The molecule has 120 valence electrons. The van der Waals surface area contributed by atoms with Gasteiger partial charge in [0.25, 0.3) is 5.91 Å². The van der Waals surface area contributed by atoms with Crippen LogP contribution >= 0.6 is 36.2 Å². The van der Waals surface area contributed by atoms with Gasteiger partial charge in [-0.3, -0.25) is 4.79 Å². The van der Waals surface area contributed by atoms with E-state index in [1.165, 1.54) is 5.56 Å². The molecule has 1 aromatic carbocycles. The molecule has 0 spiro atoms. The SMILES string of the molecule is CC(C)(NC(=O)c1ccc2c(c1)CCN2)c1nccs1.Cl.Cl. The monoisotopic (exact) mass is 359 g/mol. The fourth-order valence-electron chi connectivity index (χ4n) is 2.39. The van der Waals surface area contributed by atoms with Gasteiger partial charge in [-0.2, -0.15) is 0 Å². The lowest BCUT2D eigenvalue weighted by atomic mass is 10.0. The van der Waals surface area contributed by atoms with E-state index >= 15 is 0 Å². The minimum Gasteiger partial charge on any atom is -0.384 e. The lowest BCUT2D eigenvalue weighted by Gasteiger charge is -2.24. The number of aromatic nitrogens is 1. The van der Waals surface area contributed by atoms with Crippen molar-refractivity contribution in [2.24, 2.45) is 0 Å². The van der Waals surface area contributed by atoms with Crippen molar-refractivity contribution < 1.29 is 4.79 Å². The molecule has 1 amide bonds. The molecule has 0 aliphatic carbocycles. The van der Waals surface area contributed by atoms with Crippen molar-refractivity contribution in [3.63, 3.8) is 0 Å². The second kappa shape index (κ2) is 7.31. The third kappa shape index (κ3) is 3.72. The number of hydrogen-bond acceptors (Lipinski definition) is 4. The smallest absolute Gasteiger partial charge is 0.252 e. The van der Waals surface area contributed by atoms with Gasteiger partial charge in [0.05, 0.1) is 5.54 Å². The van der Waals surface area contributed by atoms with Crippen LogP contribution in [0.15, 0.2) is 29.8 Å². The van der Waals surface area contributed by atoms with Crippen LogP contribution in [0.3, 0.4) is 0 Å². The van der Waals surface area contributed by atoms with Crippen LogP contribution in [0.5, 0.6) is 0 Å². The lowest BCUT2D eigenvalue weighted by Crippen LogP contribution is -2.40. The zero-order chi connectivity index (χ0) is 14.2. The fourth-order valence-corrected chi connectivity index (χ4v) is 3.11. The van der Waals surface area contributed by atoms with Crippen molar-refractivity contribution in [2.45, 2.75) is 25.8 Å². The summed E-state index contributed by atoms with van der Waals surface area (Å²) >= 11 is 1.55. The van der Waals surface area contributed by atoms with Gasteiger partial charge in [-0.15, -0.1) is 36.2 Å². The van der Waals surface area contributed by atoms with Crippen LogP contribution in [-0.2, 0) is 12.0 Å². The first kappa shape index (κ1) is 18.7. The van der Waals surface area contributed by atoms with E-state index in [1.807, 2.05) is 37.4 Å². The Kier molecular flexibility index (Phi) is 6.23. The van der Waals surface area contributed by atoms with Crippen LogP contribution in [-0.4, -0.2) is 17.4 Å². The zero-order valence-electron chi connectivity index (χ0n) is 12.4. The molecule has 2 N–H and O–H groups in total. The van der Waals surface area contributed by atoms with Gasteiger partial charge in [-0.05, 0) is 44.0 Å². The Bertz CT molecular complexity index is 644. The second-order valence-electron chi connectivity index (χ2n) is 5.47. The average molecular weight is 360 g/mol. The fraction of sp³-hybridized carbons (Fsp3) is 0.333. The summed E-state index contributed by atoms with van der Waals surface area (Å²) in [4.78, 5) is 16.7. The Labute approximate surface area is 146 Å². The van der Waals surface area contributed by atoms with Crippen molar-refractivity contribution in [2.75, 3.05) is 11.9 Å². The highest BCUT2D eigenvalue weighted by Gasteiger charge is 2.26. The van der Waals surface area contributed by atoms with E-state index in [4.69, 9.17) is 0 Å². The number of nitrogens with one attached hydrogen (secondary N) is 2. The van der Waals surface area contributed by atoms with Crippen LogP contribution in [0.1, 0.15) is 34.8 Å². The number of nitrogens with zero attached hydrogens (tertiary/aromatic N) is 1. The lowest BCUT2D eigenvalue weighted by molar-refractivity contribution is 0.0912. The van der Waals surface area contributed by atoms with E-state index in [2.05, 4.69) is 15.6 Å². The van der Waals surface area contributed by atoms with Crippen LogP contribution in [0, 0.1) is 0 Å². The largest absolute Gasteiger partial charge is 0.384 e. The van der Waals surface area contributed by atoms with Gasteiger partial charge in [0.2, 0.25) is 0 Å². The molecule has 2 heterocycles. The molecule has 7 heteroatoms. The molecule has 1 aliphatic heterocycles. The Hall–Kier alpha value is -1.30. The zero-order valence-corrected chi connectivity index (χ0v) is 14.8. The number of thiazole rings is 1. The number of fused-ring (bicyclic) bond motifs is 1. The number of amides is 1. The summed E-state index contributed by atoms with van der Waals surface area (Å²) in [6.45, 7) is 4.89. The normalized spacial score (nSPS) is 12.5. The molecule has 2 aromatic rings. The minimum absolute atomic E-state index is 0. The predicted molar refractivity (Wildman–Crippen MR) is 95.7 cm³/mol. The molecular weight excluding hydrogens is 341 g/mol. The standard InChI is InChI=1S/C15H17N3OS.2ClH/c1-15(2,14-17-7-8-20-14)18-13(19)11-3-4-12-10(9-11)5-6-16-12;;/h3-4,7-9,16H,5-6H2,1-2H3,(H,18,19);2*1H. The number of rotatable bonds is 3. The summed E-state index contributed by atoms with van der Waals surface area (Å²) in [6, 6.07) is 5.82. The van der Waals surface area contributed by atoms with Crippen LogP contribution in [0.2, 0.25) is 0 Å². The summed E-state index contributed by atoms with van der Waals surface area (Å²) in [5.74, 6) is -0.0556. The number of benzene rings is 1. The number of carbonyl (C=O) groups is 1. The van der Waals surface area contributed by atoms with Gasteiger partial charge in [0, 0.05) is 29.4 Å². The summed E-state index contributed by atoms with van der Waals surface area (Å²) in [6.07, 6.45) is 2.74. The molecule has 1 aromatic heterocycles. The summed E-state index contributed by atoms with van der Waals surface area (Å²) < 4.78 is 0. The van der Waals surface area contributed by atoms with Crippen molar-refractivity contribution >= 4 is 47.7 Å². The first-order valence-electron chi connectivity index (χ1n) is 6.65. The van der Waals surface area contributed by atoms with Gasteiger partial charge in [0.15, 0.2) is 0 Å². The van der Waals surface area contributed by atoms with Gasteiger partial charge >= 0.3 is 0 Å². The number of hydrogen-bond donors (Lipinski definition) is 2. The summed E-state index contributed by atoms with van der Waals surface area (Å²) in [5.41, 5.74) is 2.60. The van der Waals surface area contributed by atoms with E-state index in [0.29, 0.717) is 5.56 Å². The van der Waals surface area contributed by atoms with Crippen LogP contribution < -0.4 is 10.6 Å². The highest BCUT2D eigenvalue weighted by atomic mass is 35.5. The minimum atomic E-state index is -0.456. The van der Waals surface area contributed by atoms with Gasteiger partial charge < -0.3 is 10.6 Å². The first-order chi connectivity index (χ1) is 9.56. The number of carbonyl (C=O) groups excluding carboxylic acids is 1. The van der Waals surface area contributed by atoms with E-state index in [1.54, 1.807) is 17.5 Å². The Balaban J connectivity index is 0.00000121. The Morgan fingerprint density at radius 2 is 2.14 bits per heavy atom. The third-order valence-electron chi connectivity index (χ3n) is 3.47. The van der Waals surface area contributed by atoms with E-state index < -0.39 is 5.54 Å². The molecular formula is C15H19Cl2N3OS. The molecule has 22 heavy (non-hydrogen) atoms. The molecule has 0 saturated carbocycles. The molecule has 0 atom stereocenters. The van der Waals surface area contributed by atoms with Crippen LogP contribution in [0.25, 0.3) is 0 Å². The van der Waals surface area contributed by atoms with Crippen molar-refractivity contribution in [3.05, 3.63) is 45.9 Å². The van der Waals surface area contributed by atoms with Crippen molar-refractivity contribution in [1.82, 2.24) is 10.3 Å². The van der Waals surface area contributed by atoms with E-state index in [9.17, 15) is 4.79 Å². The molecule has 0 saturated heterocycles. The van der Waals surface area contributed by atoms with Crippen molar-refractivity contribution in [3.8, 4) is 0 Å². The molecule has 0 unspecified atom stereocenters. The maximum Gasteiger partial charge on any atom is 0.252 e. The van der Waals surface area contributed by atoms with E-state index in [-0.39, 0.29) is 30.7 Å². The molecule has 3 rings (SSSR count). The Morgan fingerprint density at radius 1 is 1.36 bits per heavy atom. The average Bonchev–Trinajstić information content (AvgIpc) is 3.09. The molecule has 0 radical (unpaired) electrons. The molecule has 4 nitrogen and oxygen atoms in total. The highest BCUT2D eigenvalue weighted by molar-refractivity contribution is 7.09. The molecule has 0 fully saturated rings. The number of halogens is 2. The highest BCUT2D eigenvalue weighted by Crippen LogP contribution is 2.25. The maximum absolute atomic E-state index is 12.4. The number of anilines is 1. The topological polar surface area (TPSA) is 54.0 Å². The van der Waals surface area contributed by atoms with Crippen molar-refractivity contribution in [1.29, 1.82) is 0 Å². The third-order valence-corrected chi connectivity index (χ3v) is 4.57. The maximum atomic E-state index is 12.4. The van der Waals surface area contributed by atoms with Gasteiger partial charge in [0.1, 0.15) is 5.01 Å². The summed E-state index contributed by atoms with van der Waals surface area (Å²) in [5, 5.41) is 9.18. The molecule has 1 aliphatic rings. The van der Waals surface area contributed by atoms with E-state index in [0.717, 1.165) is 23.7 Å². The first-order valence-corrected chi connectivity index (χ1v) is 7.53. The quantitative estimate of drug-likeness (QED) is 0.879. The Morgan fingerprint density at radius 3 is 2.82 bits per heavy atom. The predicted octanol–water partition coefficient (Wildman–Crippen LogP) is 3.62. The van der Waals surface area contributed by atoms with Gasteiger partial charge in [-0.1, -0.05) is 0 Å². The summed E-state index contributed by atoms with van der Waals surface area (Å²) in [7, 11) is 0. The second-order valence-corrected chi connectivity index (χ2v) is 6.36. The van der Waals surface area contributed by atoms with Crippen LogP contribution in [0.4, 0.5) is 5.69 Å². The molecule has 0 bridgehead atoms.